The first-order valence-corrected chi connectivity index (χ1v) is 5.60. The summed E-state index contributed by atoms with van der Waals surface area (Å²) in [4.78, 5) is 0. The van der Waals surface area contributed by atoms with Crippen molar-refractivity contribution in [3.8, 4) is 0 Å². The summed E-state index contributed by atoms with van der Waals surface area (Å²) in [7, 11) is 0. The molecular weight excluding hydrogens is 200 g/mol. The third-order valence-electron chi connectivity index (χ3n) is 2.69. The van der Waals surface area contributed by atoms with Crippen LogP contribution >= 0.6 is 0 Å². The van der Waals surface area contributed by atoms with Crippen LogP contribution in [0.25, 0.3) is 0 Å². The monoisotopic (exact) mass is 216 g/mol. The van der Waals surface area contributed by atoms with Crippen LogP contribution in [0, 0.1) is 0 Å². The summed E-state index contributed by atoms with van der Waals surface area (Å²) in [5.41, 5.74) is 3.01. The number of hydrogen-bond acceptors (Lipinski definition) is 2. The molecule has 2 nitrogen and oxygen atoms in total. The molecule has 0 amide bonds. The molecule has 1 atom stereocenters. The van der Waals surface area contributed by atoms with Gasteiger partial charge < -0.3 is 9.52 Å². The van der Waals surface area contributed by atoms with Crippen LogP contribution in [0.3, 0.4) is 0 Å². The van der Waals surface area contributed by atoms with Gasteiger partial charge in [0.1, 0.15) is 6.10 Å². The van der Waals surface area contributed by atoms with Crippen molar-refractivity contribution in [3.63, 3.8) is 0 Å². The van der Waals surface area contributed by atoms with Crippen molar-refractivity contribution in [2.24, 2.45) is 0 Å². The Morgan fingerprint density at radius 3 is 2.44 bits per heavy atom. The number of benzene rings is 1. The number of rotatable bonds is 4. The van der Waals surface area contributed by atoms with Crippen molar-refractivity contribution < 1.29 is 9.52 Å². The fourth-order valence-corrected chi connectivity index (χ4v) is 1.78. The van der Waals surface area contributed by atoms with Crippen molar-refractivity contribution in [3.05, 3.63) is 59.5 Å². The average molecular weight is 216 g/mol. The van der Waals surface area contributed by atoms with Gasteiger partial charge in [0.2, 0.25) is 0 Å². The molecule has 2 aromatic rings. The molecule has 1 aromatic carbocycles. The van der Waals surface area contributed by atoms with Crippen molar-refractivity contribution in [2.45, 2.75) is 25.9 Å². The lowest BCUT2D eigenvalue weighted by molar-refractivity contribution is 0.219. The van der Waals surface area contributed by atoms with E-state index in [4.69, 9.17) is 4.42 Å². The van der Waals surface area contributed by atoms with Crippen LogP contribution in [0.15, 0.2) is 47.3 Å². The van der Waals surface area contributed by atoms with E-state index in [0.717, 1.165) is 24.0 Å². The number of aryl methyl sites for hydroxylation is 1. The first kappa shape index (κ1) is 11.0. The van der Waals surface area contributed by atoms with Crippen LogP contribution in [-0.2, 0) is 6.42 Å². The molecule has 1 N–H and O–H groups in total. The minimum absolute atomic E-state index is 0.588. The van der Waals surface area contributed by atoms with Gasteiger partial charge >= 0.3 is 0 Å². The maximum atomic E-state index is 10.0. The second-order valence-electron chi connectivity index (χ2n) is 3.95. The Bertz CT molecular complexity index is 415. The Hall–Kier alpha value is -1.54. The van der Waals surface area contributed by atoms with E-state index in [1.54, 1.807) is 18.6 Å². The highest BCUT2D eigenvalue weighted by atomic mass is 16.3. The van der Waals surface area contributed by atoms with Crippen molar-refractivity contribution in [2.75, 3.05) is 0 Å². The SMILES string of the molecule is CCCc1ccc(C(O)c2ccoc2)cc1. The van der Waals surface area contributed by atoms with Gasteiger partial charge in [-0.3, -0.25) is 0 Å². The number of furan rings is 1. The average Bonchev–Trinajstić information content (AvgIpc) is 2.83. The van der Waals surface area contributed by atoms with Crippen LogP contribution in [0.5, 0.6) is 0 Å². The van der Waals surface area contributed by atoms with Gasteiger partial charge in [0.05, 0.1) is 12.5 Å². The highest BCUT2D eigenvalue weighted by Crippen LogP contribution is 2.22. The molecular formula is C14H16O2. The van der Waals surface area contributed by atoms with Gasteiger partial charge in [0, 0.05) is 5.56 Å². The lowest BCUT2D eigenvalue weighted by atomic mass is 10.0. The lowest BCUT2D eigenvalue weighted by Crippen LogP contribution is -1.98. The Kier molecular flexibility index (Phi) is 3.42. The summed E-state index contributed by atoms with van der Waals surface area (Å²) in [6, 6.07) is 9.88. The Morgan fingerprint density at radius 2 is 1.88 bits per heavy atom. The molecule has 0 saturated heterocycles. The smallest absolute Gasteiger partial charge is 0.107 e. The maximum Gasteiger partial charge on any atom is 0.107 e. The van der Waals surface area contributed by atoms with Crippen LogP contribution in [0.4, 0.5) is 0 Å². The second kappa shape index (κ2) is 4.99. The molecule has 0 bridgehead atoms. The molecule has 0 fully saturated rings. The summed E-state index contributed by atoms with van der Waals surface area (Å²) in [6.45, 7) is 2.16. The van der Waals surface area contributed by atoms with Gasteiger partial charge in [-0.2, -0.15) is 0 Å². The summed E-state index contributed by atoms with van der Waals surface area (Å²) in [5, 5.41) is 10.0. The number of aliphatic hydroxyl groups is 1. The van der Waals surface area contributed by atoms with Crippen molar-refractivity contribution in [1.82, 2.24) is 0 Å². The van der Waals surface area contributed by atoms with E-state index in [1.165, 1.54) is 5.56 Å². The predicted octanol–water partition coefficient (Wildman–Crippen LogP) is 3.31. The van der Waals surface area contributed by atoms with E-state index < -0.39 is 6.10 Å². The highest BCUT2D eigenvalue weighted by molar-refractivity contribution is 5.30. The molecule has 1 unspecified atom stereocenters. The molecule has 0 radical (unpaired) electrons. The summed E-state index contributed by atoms with van der Waals surface area (Å²) in [6.07, 6.45) is 4.79. The fourth-order valence-electron chi connectivity index (χ4n) is 1.78. The minimum atomic E-state index is -0.588. The second-order valence-corrected chi connectivity index (χ2v) is 3.95. The van der Waals surface area contributed by atoms with Gasteiger partial charge in [0.15, 0.2) is 0 Å². The zero-order valence-electron chi connectivity index (χ0n) is 9.39. The van der Waals surface area contributed by atoms with Crippen LogP contribution in [0.2, 0.25) is 0 Å². The zero-order valence-corrected chi connectivity index (χ0v) is 9.39. The molecule has 1 aromatic heterocycles. The van der Waals surface area contributed by atoms with Gasteiger partial charge in [0.25, 0.3) is 0 Å². The third-order valence-corrected chi connectivity index (χ3v) is 2.69. The topological polar surface area (TPSA) is 33.4 Å². The van der Waals surface area contributed by atoms with Crippen LogP contribution in [0.1, 0.15) is 36.1 Å². The standard InChI is InChI=1S/C14H16O2/c1-2-3-11-4-6-12(7-5-11)14(15)13-8-9-16-10-13/h4-10,14-15H,2-3H2,1H3. The fraction of sp³-hybridized carbons (Fsp3) is 0.286. The summed E-state index contributed by atoms with van der Waals surface area (Å²) >= 11 is 0. The highest BCUT2D eigenvalue weighted by Gasteiger charge is 2.10. The molecule has 0 spiro atoms. The quantitative estimate of drug-likeness (QED) is 0.850. The van der Waals surface area contributed by atoms with Gasteiger partial charge in [-0.15, -0.1) is 0 Å². The third kappa shape index (κ3) is 2.34. The Labute approximate surface area is 95.5 Å². The van der Waals surface area contributed by atoms with E-state index in [9.17, 15) is 5.11 Å². The molecule has 0 aliphatic rings. The molecule has 2 heteroatoms. The molecule has 84 valence electrons. The first-order chi connectivity index (χ1) is 7.81. The predicted molar refractivity (Wildman–Crippen MR) is 63.2 cm³/mol. The van der Waals surface area contributed by atoms with Crippen molar-refractivity contribution >= 4 is 0 Å². The van der Waals surface area contributed by atoms with Crippen molar-refractivity contribution in [1.29, 1.82) is 0 Å². The van der Waals surface area contributed by atoms with Gasteiger partial charge in [-0.05, 0) is 23.6 Å². The number of aliphatic hydroxyl groups excluding tert-OH is 1. The van der Waals surface area contributed by atoms with Gasteiger partial charge in [-0.1, -0.05) is 37.6 Å². The zero-order chi connectivity index (χ0) is 11.4. The van der Waals surface area contributed by atoms with E-state index in [1.807, 2.05) is 12.1 Å². The van der Waals surface area contributed by atoms with Gasteiger partial charge in [-0.25, -0.2) is 0 Å². The minimum Gasteiger partial charge on any atom is -0.472 e. The van der Waals surface area contributed by atoms with Crippen LogP contribution in [-0.4, -0.2) is 5.11 Å². The molecule has 16 heavy (non-hydrogen) atoms. The van der Waals surface area contributed by atoms with E-state index in [0.29, 0.717) is 0 Å². The summed E-state index contributed by atoms with van der Waals surface area (Å²) in [5.74, 6) is 0. The normalized spacial score (nSPS) is 12.6. The van der Waals surface area contributed by atoms with E-state index in [-0.39, 0.29) is 0 Å². The first-order valence-electron chi connectivity index (χ1n) is 5.60. The molecule has 0 saturated carbocycles. The maximum absolute atomic E-state index is 10.0. The van der Waals surface area contributed by atoms with Crippen LogP contribution < -0.4 is 0 Å². The summed E-state index contributed by atoms with van der Waals surface area (Å²) < 4.78 is 4.96. The van der Waals surface area contributed by atoms with E-state index in [2.05, 4.69) is 19.1 Å². The Morgan fingerprint density at radius 1 is 1.12 bits per heavy atom. The largest absolute Gasteiger partial charge is 0.472 e. The Balaban J connectivity index is 2.15. The number of hydrogen-bond donors (Lipinski definition) is 1. The molecule has 2 rings (SSSR count). The lowest BCUT2D eigenvalue weighted by Gasteiger charge is -2.09. The molecule has 0 aliphatic carbocycles. The molecule has 0 aliphatic heterocycles. The van der Waals surface area contributed by atoms with E-state index >= 15 is 0 Å². The molecule has 1 heterocycles.